The van der Waals surface area contributed by atoms with Gasteiger partial charge in [0.25, 0.3) is 11.8 Å². The van der Waals surface area contributed by atoms with Gasteiger partial charge in [-0.25, -0.2) is 0 Å². The van der Waals surface area contributed by atoms with E-state index < -0.39 is 0 Å². The number of carbonyl (C=O) groups is 2. The molecule has 6 heteroatoms. The second-order valence-electron chi connectivity index (χ2n) is 6.21. The Morgan fingerprint density at radius 3 is 2.22 bits per heavy atom. The maximum atomic E-state index is 12.7. The fraction of sp³-hybridized carbons (Fsp3) is 0.143. The van der Waals surface area contributed by atoms with E-state index in [1.807, 2.05) is 37.3 Å². The number of hydrogen-bond donors (Lipinski definition) is 2. The monoisotopic (exact) mass is 426 g/mol. The fourth-order valence-electron chi connectivity index (χ4n) is 2.72. The van der Waals surface area contributed by atoms with Crippen LogP contribution in [-0.4, -0.2) is 11.8 Å². The fourth-order valence-corrected chi connectivity index (χ4v) is 3.26. The molecule has 0 aliphatic heterocycles. The Kier molecular flexibility index (Phi) is 5.46. The molecule has 2 N–H and O–H groups in total. The summed E-state index contributed by atoms with van der Waals surface area (Å²) in [6.07, 6.45) is 0. The quantitative estimate of drug-likeness (QED) is 0.580. The summed E-state index contributed by atoms with van der Waals surface area (Å²) in [4.78, 5) is 25.2. The highest BCUT2D eigenvalue weighted by Gasteiger charge is 2.20. The molecule has 1 aromatic heterocycles. The smallest absolute Gasteiger partial charge is 0.260 e. The van der Waals surface area contributed by atoms with Gasteiger partial charge in [0, 0.05) is 16.9 Å². The second kappa shape index (κ2) is 7.80. The number of aryl methyl sites for hydroxylation is 3. The second-order valence-corrected chi connectivity index (χ2v) is 7.00. The summed E-state index contributed by atoms with van der Waals surface area (Å²) in [5, 5.41) is 5.71. The average Bonchev–Trinajstić information content (AvgIpc) is 2.89. The van der Waals surface area contributed by atoms with Crippen LogP contribution in [0.1, 0.15) is 37.8 Å². The van der Waals surface area contributed by atoms with Gasteiger partial charge in [0.2, 0.25) is 0 Å². The van der Waals surface area contributed by atoms with Crippen LogP contribution < -0.4 is 10.6 Å². The van der Waals surface area contributed by atoms with E-state index in [4.69, 9.17) is 4.42 Å². The maximum absolute atomic E-state index is 12.7. The minimum atomic E-state index is -0.292. The van der Waals surface area contributed by atoms with Crippen LogP contribution >= 0.6 is 15.9 Å². The van der Waals surface area contributed by atoms with Crippen molar-refractivity contribution in [1.29, 1.82) is 0 Å². The van der Waals surface area contributed by atoms with Gasteiger partial charge in [-0.2, -0.15) is 0 Å². The zero-order valence-corrected chi connectivity index (χ0v) is 16.8. The number of nitrogens with one attached hydrogen (secondary N) is 2. The summed E-state index contributed by atoms with van der Waals surface area (Å²) < 4.78 is 6.12. The number of hydrogen-bond acceptors (Lipinski definition) is 3. The van der Waals surface area contributed by atoms with Crippen LogP contribution in [0, 0.1) is 20.8 Å². The Labute approximate surface area is 165 Å². The van der Waals surface area contributed by atoms with E-state index in [9.17, 15) is 9.59 Å². The van der Waals surface area contributed by atoms with Crippen LogP contribution in [0.15, 0.2) is 57.4 Å². The molecular formula is C21H19BrN2O3. The molecule has 3 rings (SSSR count). The first-order chi connectivity index (χ1) is 12.9. The Bertz CT molecular complexity index is 1010. The van der Waals surface area contributed by atoms with E-state index in [-0.39, 0.29) is 11.8 Å². The molecule has 0 spiro atoms. The highest BCUT2D eigenvalue weighted by Crippen LogP contribution is 2.28. The van der Waals surface area contributed by atoms with Crippen molar-refractivity contribution in [3.05, 3.63) is 81.2 Å². The first-order valence-electron chi connectivity index (χ1n) is 8.40. The van der Waals surface area contributed by atoms with Crippen molar-refractivity contribution in [2.45, 2.75) is 20.8 Å². The normalized spacial score (nSPS) is 10.5. The summed E-state index contributed by atoms with van der Waals surface area (Å²) in [7, 11) is 0. The van der Waals surface area contributed by atoms with Crippen molar-refractivity contribution in [2.24, 2.45) is 0 Å². The highest BCUT2D eigenvalue weighted by molar-refractivity contribution is 9.10. The lowest BCUT2D eigenvalue weighted by atomic mass is 10.1. The summed E-state index contributed by atoms with van der Waals surface area (Å²) in [5.74, 6) is 0.644. The van der Waals surface area contributed by atoms with Crippen LogP contribution in [0.25, 0.3) is 0 Å². The van der Waals surface area contributed by atoms with Crippen LogP contribution in [0.5, 0.6) is 0 Å². The van der Waals surface area contributed by atoms with E-state index in [2.05, 4.69) is 26.6 Å². The average molecular weight is 427 g/mol. The van der Waals surface area contributed by atoms with Gasteiger partial charge < -0.3 is 15.1 Å². The van der Waals surface area contributed by atoms with Crippen LogP contribution in [-0.2, 0) is 0 Å². The molecule has 0 aliphatic carbocycles. The van der Waals surface area contributed by atoms with Crippen molar-refractivity contribution in [3.8, 4) is 0 Å². The lowest BCUT2D eigenvalue weighted by Gasteiger charge is -2.11. The Hall–Kier alpha value is -2.86. The molecular weight excluding hydrogens is 408 g/mol. The van der Waals surface area contributed by atoms with Crippen LogP contribution in [0.4, 0.5) is 11.4 Å². The highest BCUT2D eigenvalue weighted by atomic mass is 79.9. The number of amides is 2. The van der Waals surface area contributed by atoms with Crippen LogP contribution in [0.3, 0.4) is 0 Å². The third-order valence-corrected chi connectivity index (χ3v) is 5.15. The topological polar surface area (TPSA) is 71.3 Å². The molecule has 0 atom stereocenters. The number of furan rings is 1. The van der Waals surface area contributed by atoms with Gasteiger partial charge in [0.1, 0.15) is 11.5 Å². The van der Waals surface area contributed by atoms with E-state index in [1.165, 1.54) is 0 Å². The van der Waals surface area contributed by atoms with Crippen molar-refractivity contribution in [2.75, 3.05) is 10.6 Å². The van der Waals surface area contributed by atoms with Gasteiger partial charge >= 0.3 is 0 Å². The third kappa shape index (κ3) is 4.11. The summed E-state index contributed by atoms with van der Waals surface area (Å²) in [6, 6.07) is 14.4. The van der Waals surface area contributed by atoms with E-state index in [0.29, 0.717) is 38.5 Å². The molecule has 27 heavy (non-hydrogen) atoms. The standard InChI is InChI=1S/C21H19BrN2O3/c1-12-9-10-15(20(25)23-16-7-5-4-6-8-16)11-17(12)24-21(26)18-13(2)27-14(3)19(18)22/h4-11H,1-3H3,(H,23,25)(H,24,26). The number of rotatable bonds is 4. The predicted octanol–water partition coefficient (Wildman–Crippen LogP) is 5.47. The SMILES string of the molecule is Cc1ccc(C(=O)Nc2ccccc2)cc1NC(=O)c1c(C)oc(C)c1Br. The molecule has 0 saturated carbocycles. The van der Waals surface area contributed by atoms with Gasteiger partial charge in [-0.1, -0.05) is 24.3 Å². The molecule has 0 aliphatic rings. The summed E-state index contributed by atoms with van der Waals surface area (Å²) in [6.45, 7) is 5.40. The van der Waals surface area contributed by atoms with E-state index in [0.717, 1.165) is 5.56 Å². The van der Waals surface area contributed by atoms with Gasteiger partial charge in [0.15, 0.2) is 0 Å². The van der Waals surface area contributed by atoms with Crippen LogP contribution in [0.2, 0.25) is 0 Å². The number of carbonyl (C=O) groups excluding carboxylic acids is 2. The largest absolute Gasteiger partial charge is 0.465 e. The zero-order chi connectivity index (χ0) is 19.6. The molecule has 0 bridgehead atoms. The Balaban J connectivity index is 1.83. The molecule has 138 valence electrons. The molecule has 1 heterocycles. The minimum absolute atomic E-state index is 0.242. The van der Waals surface area contributed by atoms with E-state index >= 15 is 0 Å². The number of para-hydroxylation sites is 1. The van der Waals surface area contributed by atoms with Gasteiger partial charge in [0.05, 0.1) is 10.0 Å². The first kappa shape index (κ1) is 18.9. The predicted molar refractivity (Wildman–Crippen MR) is 109 cm³/mol. The lowest BCUT2D eigenvalue weighted by Crippen LogP contribution is -2.16. The van der Waals surface area contributed by atoms with Crippen molar-refractivity contribution >= 4 is 39.1 Å². The Morgan fingerprint density at radius 1 is 0.889 bits per heavy atom. The zero-order valence-electron chi connectivity index (χ0n) is 15.2. The van der Waals surface area contributed by atoms with Crippen molar-refractivity contribution < 1.29 is 14.0 Å². The molecule has 0 fully saturated rings. The number of anilines is 2. The molecule has 0 unspecified atom stereocenters. The van der Waals surface area contributed by atoms with E-state index in [1.54, 1.807) is 32.0 Å². The Morgan fingerprint density at radius 2 is 1.59 bits per heavy atom. The molecule has 3 aromatic rings. The number of halogens is 1. The summed E-state index contributed by atoms with van der Waals surface area (Å²) in [5.41, 5.74) is 3.05. The maximum Gasteiger partial charge on any atom is 0.260 e. The molecule has 0 radical (unpaired) electrons. The first-order valence-corrected chi connectivity index (χ1v) is 9.20. The van der Waals surface area contributed by atoms with Crippen molar-refractivity contribution in [1.82, 2.24) is 0 Å². The third-order valence-electron chi connectivity index (χ3n) is 4.19. The lowest BCUT2D eigenvalue weighted by molar-refractivity contribution is 0.101. The minimum Gasteiger partial charge on any atom is -0.465 e. The molecule has 5 nitrogen and oxygen atoms in total. The van der Waals surface area contributed by atoms with Gasteiger partial charge in [-0.3, -0.25) is 9.59 Å². The number of benzene rings is 2. The van der Waals surface area contributed by atoms with Crippen molar-refractivity contribution in [3.63, 3.8) is 0 Å². The molecule has 2 aromatic carbocycles. The van der Waals surface area contributed by atoms with Gasteiger partial charge in [-0.15, -0.1) is 0 Å². The van der Waals surface area contributed by atoms with Gasteiger partial charge in [-0.05, 0) is 66.5 Å². The molecule has 0 saturated heterocycles. The molecule has 2 amide bonds. The summed E-state index contributed by atoms with van der Waals surface area (Å²) >= 11 is 3.39.